The lowest BCUT2D eigenvalue weighted by Gasteiger charge is -2.09. The molecule has 0 aromatic rings. The third kappa shape index (κ3) is 0.990. The highest BCUT2D eigenvalue weighted by Gasteiger charge is 2.47. The van der Waals surface area contributed by atoms with Crippen LogP contribution in [-0.2, 0) is 19.1 Å². The van der Waals surface area contributed by atoms with Crippen molar-refractivity contribution in [3.8, 4) is 0 Å². The van der Waals surface area contributed by atoms with Gasteiger partial charge in [-0.15, -0.1) is 0 Å². The smallest absolute Gasteiger partial charge is 0.128 e. The summed E-state index contributed by atoms with van der Waals surface area (Å²) in [6.07, 6.45) is 1.32. The zero-order valence-electron chi connectivity index (χ0n) is 6.51. The molecule has 2 aliphatic heterocycles. The summed E-state index contributed by atoms with van der Waals surface area (Å²) in [6.45, 7) is 0.784. The van der Waals surface area contributed by atoms with E-state index in [1.807, 2.05) is 0 Å². The van der Waals surface area contributed by atoms with E-state index in [9.17, 15) is 9.59 Å². The molecule has 12 heavy (non-hydrogen) atoms. The average molecular weight is 172 g/mol. The van der Waals surface area contributed by atoms with Gasteiger partial charge in [-0.2, -0.15) is 0 Å². The predicted molar refractivity (Wildman–Crippen MR) is 40.7 cm³/mol. The molecule has 4 nitrogen and oxygen atoms in total. The summed E-state index contributed by atoms with van der Waals surface area (Å²) in [7, 11) is 0. The number of carbonyl (C=O) groups excluding carboxylic acids is 2. The molecular formula is C8H12O4. The Bertz CT molecular complexity index is 186. The van der Waals surface area contributed by atoms with Gasteiger partial charge in [0.05, 0.1) is 37.3 Å². The van der Waals surface area contributed by atoms with Gasteiger partial charge in [-0.25, -0.2) is 0 Å². The lowest BCUT2D eigenvalue weighted by Crippen LogP contribution is -2.27. The highest BCUT2D eigenvalue weighted by molar-refractivity contribution is 5.59. The molecule has 2 aliphatic rings. The van der Waals surface area contributed by atoms with E-state index in [0.29, 0.717) is 13.2 Å². The van der Waals surface area contributed by atoms with Crippen molar-refractivity contribution in [3.63, 3.8) is 0 Å². The normalized spacial score (nSPS) is 45.7. The molecule has 2 heterocycles. The van der Waals surface area contributed by atoms with Crippen molar-refractivity contribution in [1.82, 2.24) is 0 Å². The van der Waals surface area contributed by atoms with Crippen molar-refractivity contribution in [1.29, 1.82) is 0 Å². The van der Waals surface area contributed by atoms with E-state index in [4.69, 9.17) is 9.47 Å². The van der Waals surface area contributed by atoms with Crippen molar-refractivity contribution in [2.45, 2.75) is 12.2 Å². The number of carbonyl (C=O) groups is 2. The predicted octanol–water partition coefficient (Wildman–Crippen LogP) is -0.340. The van der Waals surface area contributed by atoms with Crippen molar-refractivity contribution >= 4 is 12.6 Å². The molecule has 0 saturated carbocycles. The van der Waals surface area contributed by atoms with Crippen LogP contribution in [0.1, 0.15) is 1.43 Å². The van der Waals surface area contributed by atoms with Crippen LogP contribution in [0.5, 0.6) is 0 Å². The van der Waals surface area contributed by atoms with E-state index in [2.05, 4.69) is 0 Å². The van der Waals surface area contributed by atoms with E-state index < -0.39 is 0 Å². The van der Waals surface area contributed by atoms with Crippen LogP contribution in [-0.4, -0.2) is 38.0 Å². The summed E-state index contributed by atoms with van der Waals surface area (Å²) in [6, 6.07) is 0. The van der Waals surface area contributed by atoms with Crippen LogP contribution in [0, 0.1) is 11.8 Å². The van der Waals surface area contributed by atoms with Gasteiger partial charge in [-0.1, -0.05) is 0 Å². The minimum atomic E-state index is -0.183. The fourth-order valence-corrected chi connectivity index (χ4v) is 1.79. The number of ether oxygens (including phenoxy) is 2. The Balaban J connectivity index is 0.000000845. The van der Waals surface area contributed by atoms with Gasteiger partial charge in [0.25, 0.3) is 0 Å². The van der Waals surface area contributed by atoms with Crippen LogP contribution >= 0.6 is 0 Å². The molecule has 0 N–H and O–H groups in total. The summed E-state index contributed by atoms with van der Waals surface area (Å²) >= 11 is 0. The number of hydrogen-bond donors (Lipinski definition) is 0. The Hall–Kier alpha value is -0.740. The molecule has 1 unspecified atom stereocenters. The molecule has 68 valence electrons. The van der Waals surface area contributed by atoms with Crippen LogP contribution in [0.25, 0.3) is 0 Å². The molecule has 0 spiro atoms. The third-order valence-electron chi connectivity index (χ3n) is 2.48. The van der Waals surface area contributed by atoms with Gasteiger partial charge in [-0.3, -0.25) is 0 Å². The minimum absolute atomic E-state index is 0. The molecule has 0 aromatic carbocycles. The summed E-state index contributed by atoms with van der Waals surface area (Å²) in [5, 5.41) is 0. The Morgan fingerprint density at radius 3 is 1.75 bits per heavy atom. The highest BCUT2D eigenvalue weighted by Crippen LogP contribution is 2.32. The maximum absolute atomic E-state index is 10.5. The average Bonchev–Trinajstić information content (AvgIpc) is 2.62. The molecular weight excluding hydrogens is 160 g/mol. The quantitative estimate of drug-likeness (QED) is 0.535. The third-order valence-corrected chi connectivity index (χ3v) is 2.48. The number of rotatable bonds is 2. The van der Waals surface area contributed by atoms with Crippen LogP contribution < -0.4 is 0 Å². The maximum Gasteiger partial charge on any atom is 0.128 e. The lowest BCUT2D eigenvalue weighted by molar-refractivity contribution is -0.114. The first-order chi connectivity index (χ1) is 5.86. The fourth-order valence-electron chi connectivity index (χ4n) is 1.79. The number of aldehydes is 2. The van der Waals surface area contributed by atoms with Crippen molar-refractivity contribution in [3.05, 3.63) is 0 Å². The largest absolute Gasteiger partial charge is 0.374 e. The number of hydrogen-bond acceptors (Lipinski definition) is 4. The number of fused-ring (bicyclic) bond motifs is 1. The second kappa shape index (κ2) is 2.95. The Labute approximate surface area is 71.3 Å². The summed E-state index contributed by atoms with van der Waals surface area (Å²) in [5.74, 6) is -0.361. The first kappa shape index (κ1) is 7.89. The van der Waals surface area contributed by atoms with Crippen LogP contribution in [0.2, 0.25) is 0 Å². The van der Waals surface area contributed by atoms with Gasteiger partial charge >= 0.3 is 0 Å². The van der Waals surface area contributed by atoms with E-state index >= 15 is 0 Å². The molecule has 0 aliphatic carbocycles. The molecule has 2 rings (SSSR count). The van der Waals surface area contributed by atoms with E-state index in [0.717, 1.165) is 12.6 Å². The second-order valence-corrected chi connectivity index (χ2v) is 3.20. The van der Waals surface area contributed by atoms with Crippen molar-refractivity contribution in [2.24, 2.45) is 11.8 Å². The summed E-state index contributed by atoms with van der Waals surface area (Å²) in [4.78, 5) is 21.0. The van der Waals surface area contributed by atoms with Crippen LogP contribution in [0.15, 0.2) is 0 Å². The molecule has 0 aromatic heterocycles. The van der Waals surface area contributed by atoms with Crippen LogP contribution in [0.4, 0.5) is 0 Å². The van der Waals surface area contributed by atoms with E-state index in [-0.39, 0.29) is 25.5 Å². The molecule has 0 radical (unpaired) electrons. The Kier molecular flexibility index (Phi) is 1.94. The first-order valence-electron chi connectivity index (χ1n) is 4.00. The SMILES string of the molecule is O=C[C@@H]1CO[C@H]2C1OC[C@@H]2C=O.[HH]. The molecule has 4 heteroatoms. The van der Waals surface area contributed by atoms with Crippen LogP contribution in [0.3, 0.4) is 0 Å². The van der Waals surface area contributed by atoms with Gasteiger partial charge in [0.2, 0.25) is 0 Å². The highest BCUT2D eigenvalue weighted by atomic mass is 16.6. The van der Waals surface area contributed by atoms with E-state index in [1.54, 1.807) is 0 Å². The Morgan fingerprint density at radius 2 is 1.42 bits per heavy atom. The van der Waals surface area contributed by atoms with Gasteiger partial charge in [-0.05, 0) is 0 Å². The zero-order chi connectivity index (χ0) is 8.55. The zero-order valence-corrected chi connectivity index (χ0v) is 6.51. The second-order valence-electron chi connectivity index (χ2n) is 3.20. The van der Waals surface area contributed by atoms with Gasteiger partial charge in [0.15, 0.2) is 0 Å². The molecule has 0 bridgehead atoms. The fraction of sp³-hybridized carbons (Fsp3) is 0.750. The lowest BCUT2D eigenvalue weighted by atomic mass is 9.98. The van der Waals surface area contributed by atoms with E-state index in [1.165, 1.54) is 0 Å². The standard InChI is InChI=1S/C8H10O4.H2/c9-1-5-3-11-8-6(2-10)4-12-7(5)8;/h1-2,5-8H,3-4H2;1H/t5-,6+,7+,8?;/m0./s1. The molecule has 2 saturated heterocycles. The van der Waals surface area contributed by atoms with Gasteiger partial charge < -0.3 is 19.1 Å². The Morgan fingerprint density at radius 1 is 1.00 bits per heavy atom. The molecule has 4 atom stereocenters. The maximum atomic E-state index is 10.5. The van der Waals surface area contributed by atoms with Gasteiger partial charge in [0, 0.05) is 1.43 Å². The van der Waals surface area contributed by atoms with Crippen molar-refractivity contribution in [2.75, 3.05) is 13.2 Å². The summed E-state index contributed by atoms with van der Waals surface area (Å²) in [5.41, 5.74) is 0. The minimum Gasteiger partial charge on any atom is -0.374 e. The molecule has 2 fully saturated rings. The first-order valence-corrected chi connectivity index (χ1v) is 4.00. The monoisotopic (exact) mass is 172 g/mol. The summed E-state index contributed by atoms with van der Waals surface area (Å²) < 4.78 is 10.6. The van der Waals surface area contributed by atoms with Gasteiger partial charge in [0.1, 0.15) is 12.6 Å². The topological polar surface area (TPSA) is 52.6 Å². The van der Waals surface area contributed by atoms with Crippen molar-refractivity contribution < 1.29 is 20.5 Å². The molecule has 0 amide bonds.